The van der Waals surface area contributed by atoms with Crippen molar-refractivity contribution in [2.24, 2.45) is 10.9 Å². The number of nitrogens with zero attached hydrogens (tertiary/aromatic N) is 1. The summed E-state index contributed by atoms with van der Waals surface area (Å²) in [6.07, 6.45) is 9.05. The van der Waals surface area contributed by atoms with Gasteiger partial charge in [-0.05, 0) is 57.6 Å². The molecule has 1 atom stereocenters. The second kappa shape index (κ2) is 12.9. The van der Waals surface area contributed by atoms with E-state index in [0.29, 0.717) is 6.10 Å². The van der Waals surface area contributed by atoms with E-state index in [1.165, 1.54) is 25.7 Å². The molecule has 0 radical (unpaired) electrons. The molecular formula is C21H41N3O2S. The van der Waals surface area contributed by atoms with Crippen LogP contribution in [-0.2, 0) is 9.47 Å². The lowest BCUT2D eigenvalue weighted by Crippen LogP contribution is -2.42. The molecule has 1 aliphatic heterocycles. The van der Waals surface area contributed by atoms with Gasteiger partial charge in [-0.1, -0.05) is 19.8 Å². The second-order valence-corrected chi connectivity index (χ2v) is 9.41. The van der Waals surface area contributed by atoms with Gasteiger partial charge in [0.25, 0.3) is 0 Å². The highest BCUT2D eigenvalue weighted by atomic mass is 32.2. The standard InChI is InChI=1S/C21H41N3O2S/c1-4-22-20(24-17-21(27-6-3)12-15-25-16-13-21)23-14-11-19(26-5-2)18-9-7-8-10-18/h18-19H,4-17H2,1-3H3,(H2,22,23,24). The summed E-state index contributed by atoms with van der Waals surface area (Å²) in [5, 5.41) is 6.96. The summed E-state index contributed by atoms with van der Waals surface area (Å²) in [5.41, 5.74) is 0. The lowest BCUT2D eigenvalue weighted by atomic mass is 9.98. The van der Waals surface area contributed by atoms with Gasteiger partial charge >= 0.3 is 0 Å². The third-order valence-electron chi connectivity index (χ3n) is 5.75. The number of hydrogen-bond donors (Lipinski definition) is 2. The van der Waals surface area contributed by atoms with Crippen LogP contribution in [0.5, 0.6) is 0 Å². The van der Waals surface area contributed by atoms with Crippen LogP contribution in [0.3, 0.4) is 0 Å². The van der Waals surface area contributed by atoms with Gasteiger partial charge in [-0.15, -0.1) is 0 Å². The Kier molecular flexibility index (Phi) is 10.9. The summed E-state index contributed by atoms with van der Waals surface area (Å²) in [7, 11) is 0. The molecule has 0 aromatic heterocycles. The number of guanidine groups is 1. The molecular weight excluding hydrogens is 358 g/mol. The molecule has 0 amide bonds. The van der Waals surface area contributed by atoms with Gasteiger partial charge in [0.1, 0.15) is 0 Å². The van der Waals surface area contributed by atoms with Crippen LogP contribution in [0.2, 0.25) is 0 Å². The fourth-order valence-corrected chi connectivity index (χ4v) is 5.52. The van der Waals surface area contributed by atoms with Crippen molar-refractivity contribution in [2.45, 2.75) is 76.6 Å². The van der Waals surface area contributed by atoms with Crippen LogP contribution < -0.4 is 10.6 Å². The zero-order valence-corrected chi connectivity index (χ0v) is 18.5. The van der Waals surface area contributed by atoms with Gasteiger partial charge in [-0.3, -0.25) is 4.99 Å². The first-order valence-electron chi connectivity index (χ1n) is 11.1. The maximum Gasteiger partial charge on any atom is 0.191 e. The van der Waals surface area contributed by atoms with E-state index in [4.69, 9.17) is 14.5 Å². The first-order chi connectivity index (χ1) is 13.2. The number of nitrogens with one attached hydrogen (secondary N) is 2. The number of ether oxygens (including phenoxy) is 2. The van der Waals surface area contributed by atoms with Crippen LogP contribution in [0.15, 0.2) is 4.99 Å². The highest BCUT2D eigenvalue weighted by Gasteiger charge is 2.32. The van der Waals surface area contributed by atoms with Crippen molar-refractivity contribution in [2.75, 3.05) is 45.2 Å². The van der Waals surface area contributed by atoms with E-state index in [1.807, 2.05) is 11.8 Å². The molecule has 6 heteroatoms. The Morgan fingerprint density at radius 1 is 1.19 bits per heavy atom. The fourth-order valence-electron chi connectivity index (χ4n) is 4.29. The highest BCUT2D eigenvalue weighted by Crippen LogP contribution is 2.35. The number of rotatable bonds is 11. The van der Waals surface area contributed by atoms with Crippen molar-refractivity contribution < 1.29 is 9.47 Å². The summed E-state index contributed by atoms with van der Waals surface area (Å²) in [6, 6.07) is 0. The highest BCUT2D eigenvalue weighted by molar-refractivity contribution is 8.00. The topological polar surface area (TPSA) is 54.9 Å². The molecule has 0 bridgehead atoms. The zero-order chi connectivity index (χ0) is 19.4. The van der Waals surface area contributed by atoms with Crippen molar-refractivity contribution in [1.82, 2.24) is 10.6 Å². The van der Waals surface area contributed by atoms with E-state index in [1.54, 1.807) is 0 Å². The van der Waals surface area contributed by atoms with Crippen molar-refractivity contribution >= 4 is 17.7 Å². The first kappa shape index (κ1) is 22.8. The molecule has 158 valence electrons. The molecule has 1 saturated carbocycles. The molecule has 2 rings (SSSR count). The Morgan fingerprint density at radius 2 is 1.93 bits per heavy atom. The molecule has 5 nitrogen and oxygen atoms in total. The van der Waals surface area contributed by atoms with Crippen molar-refractivity contribution in [3.8, 4) is 0 Å². The minimum Gasteiger partial charge on any atom is -0.381 e. The Morgan fingerprint density at radius 3 is 2.56 bits per heavy atom. The summed E-state index contributed by atoms with van der Waals surface area (Å²) in [5.74, 6) is 2.83. The van der Waals surface area contributed by atoms with Crippen LogP contribution in [0.4, 0.5) is 0 Å². The van der Waals surface area contributed by atoms with Gasteiger partial charge in [0, 0.05) is 37.7 Å². The van der Waals surface area contributed by atoms with Crippen molar-refractivity contribution in [3.63, 3.8) is 0 Å². The molecule has 2 N–H and O–H groups in total. The van der Waals surface area contributed by atoms with E-state index in [9.17, 15) is 0 Å². The zero-order valence-electron chi connectivity index (χ0n) is 17.7. The van der Waals surface area contributed by atoms with E-state index >= 15 is 0 Å². The third kappa shape index (κ3) is 7.82. The summed E-state index contributed by atoms with van der Waals surface area (Å²) in [4.78, 5) is 4.95. The van der Waals surface area contributed by atoms with E-state index in [0.717, 1.165) is 76.3 Å². The van der Waals surface area contributed by atoms with Crippen molar-refractivity contribution in [1.29, 1.82) is 0 Å². The first-order valence-corrected chi connectivity index (χ1v) is 12.1. The Hall–Kier alpha value is -0.460. The van der Waals surface area contributed by atoms with Crippen LogP contribution in [0, 0.1) is 5.92 Å². The van der Waals surface area contributed by atoms with Crippen LogP contribution in [0.25, 0.3) is 0 Å². The largest absolute Gasteiger partial charge is 0.381 e. The average molecular weight is 400 g/mol. The molecule has 0 aromatic rings. The second-order valence-electron chi connectivity index (χ2n) is 7.68. The van der Waals surface area contributed by atoms with E-state index in [2.05, 4.69) is 31.4 Å². The van der Waals surface area contributed by atoms with Crippen LogP contribution in [0.1, 0.15) is 65.7 Å². The molecule has 0 aromatic carbocycles. The van der Waals surface area contributed by atoms with Gasteiger partial charge in [-0.2, -0.15) is 11.8 Å². The average Bonchev–Trinajstić information content (AvgIpc) is 3.21. The minimum atomic E-state index is 0.243. The molecule has 1 heterocycles. The molecule has 0 spiro atoms. The Balaban J connectivity index is 1.86. The van der Waals surface area contributed by atoms with Gasteiger partial charge < -0.3 is 20.1 Å². The quantitative estimate of drug-likeness (QED) is 0.408. The predicted octanol–water partition coefficient (Wildman–Crippen LogP) is 3.83. The Bertz CT molecular complexity index is 416. The molecule has 1 aliphatic carbocycles. The van der Waals surface area contributed by atoms with Gasteiger partial charge in [0.05, 0.1) is 12.6 Å². The number of aliphatic imine (C=N–C) groups is 1. The normalized spacial score (nSPS) is 22.0. The maximum absolute atomic E-state index is 6.05. The summed E-state index contributed by atoms with van der Waals surface area (Å²) >= 11 is 2.05. The third-order valence-corrected chi connectivity index (χ3v) is 7.19. The maximum atomic E-state index is 6.05. The molecule has 1 unspecified atom stereocenters. The Labute approximate surface area is 170 Å². The van der Waals surface area contributed by atoms with E-state index in [-0.39, 0.29) is 4.75 Å². The molecule has 1 saturated heterocycles. The smallest absolute Gasteiger partial charge is 0.191 e. The van der Waals surface area contributed by atoms with Gasteiger partial charge in [-0.25, -0.2) is 0 Å². The SMILES string of the molecule is CCNC(=NCC1(SCC)CCOCC1)NCCC(OCC)C1CCCC1. The predicted molar refractivity (Wildman–Crippen MR) is 117 cm³/mol. The molecule has 2 fully saturated rings. The van der Waals surface area contributed by atoms with Crippen molar-refractivity contribution in [3.05, 3.63) is 0 Å². The molecule has 2 aliphatic rings. The van der Waals surface area contributed by atoms with Gasteiger partial charge in [0.15, 0.2) is 5.96 Å². The summed E-state index contributed by atoms with van der Waals surface area (Å²) in [6.45, 7) is 11.7. The summed E-state index contributed by atoms with van der Waals surface area (Å²) < 4.78 is 11.9. The fraction of sp³-hybridized carbons (Fsp3) is 0.952. The monoisotopic (exact) mass is 399 g/mol. The van der Waals surface area contributed by atoms with Gasteiger partial charge in [0.2, 0.25) is 0 Å². The van der Waals surface area contributed by atoms with E-state index < -0.39 is 0 Å². The van der Waals surface area contributed by atoms with Crippen LogP contribution >= 0.6 is 11.8 Å². The van der Waals surface area contributed by atoms with Crippen LogP contribution in [-0.4, -0.2) is 62.0 Å². The number of thioether (sulfide) groups is 1. The lowest BCUT2D eigenvalue weighted by molar-refractivity contribution is 0.0169. The number of hydrogen-bond acceptors (Lipinski definition) is 4. The molecule has 27 heavy (non-hydrogen) atoms. The lowest BCUT2D eigenvalue weighted by Gasteiger charge is -2.35. The minimum absolute atomic E-state index is 0.243.